The minimum Gasteiger partial charge on any atom is -0.384 e. The van der Waals surface area contributed by atoms with Crippen molar-refractivity contribution in [2.45, 2.75) is 13.8 Å². The first-order valence-corrected chi connectivity index (χ1v) is 5.43. The zero-order valence-electron chi connectivity index (χ0n) is 8.70. The van der Waals surface area contributed by atoms with Crippen molar-refractivity contribution in [3.05, 3.63) is 23.4 Å². The third kappa shape index (κ3) is 4.05. The van der Waals surface area contributed by atoms with E-state index >= 15 is 0 Å². The SMILES string of the molecule is CC(=O)SCC#Cc1nc(N)ccc1C. The van der Waals surface area contributed by atoms with Crippen LogP contribution < -0.4 is 5.73 Å². The third-order valence-electron chi connectivity index (χ3n) is 1.67. The molecule has 3 nitrogen and oxygen atoms in total. The van der Waals surface area contributed by atoms with Gasteiger partial charge in [0.2, 0.25) is 0 Å². The van der Waals surface area contributed by atoms with Gasteiger partial charge in [0.05, 0.1) is 5.75 Å². The zero-order chi connectivity index (χ0) is 11.3. The molecule has 2 N–H and O–H groups in total. The molecule has 0 amide bonds. The highest BCUT2D eigenvalue weighted by Gasteiger charge is 1.96. The van der Waals surface area contributed by atoms with Gasteiger partial charge in [-0.05, 0) is 24.5 Å². The molecule has 0 bridgehead atoms. The number of carbonyl (C=O) groups excluding carboxylic acids is 1. The quantitative estimate of drug-likeness (QED) is 0.730. The maximum Gasteiger partial charge on any atom is 0.186 e. The van der Waals surface area contributed by atoms with Gasteiger partial charge in [-0.15, -0.1) is 0 Å². The Bertz CT molecular complexity index is 432. The minimum atomic E-state index is 0.0709. The topological polar surface area (TPSA) is 56.0 Å². The number of nitrogens with zero attached hydrogens (tertiary/aromatic N) is 1. The van der Waals surface area contributed by atoms with Gasteiger partial charge in [-0.3, -0.25) is 4.79 Å². The van der Waals surface area contributed by atoms with Crippen molar-refractivity contribution in [1.29, 1.82) is 0 Å². The molecule has 78 valence electrons. The van der Waals surface area contributed by atoms with Crippen LogP contribution in [0, 0.1) is 18.8 Å². The summed E-state index contributed by atoms with van der Waals surface area (Å²) in [5, 5.41) is 0.0709. The van der Waals surface area contributed by atoms with Crippen molar-refractivity contribution in [3.8, 4) is 11.8 Å². The molecule has 0 atom stereocenters. The lowest BCUT2D eigenvalue weighted by molar-refractivity contribution is -0.109. The number of nitrogens with two attached hydrogens (primary N) is 1. The number of thioether (sulfide) groups is 1. The Morgan fingerprint density at radius 1 is 1.60 bits per heavy atom. The van der Waals surface area contributed by atoms with Crippen LogP contribution in [0.15, 0.2) is 12.1 Å². The summed E-state index contributed by atoms with van der Waals surface area (Å²) in [6.45, 7) is 3.45. The van der Waals surface area contributed by atoms with E-state index in [-0.39, 0.29) is 5.12 Å². The Kier molecular flexibility index (Phi) is 4.19. The fourth-order valence-corrected chi connectivity index (χ4v) is 1.28. The zero-order valence-corrected chi connectivity index (χ0v) is 9.52. The predicted molar refractivity (Wildman–Crippen MR) is 63.4 cm³/mol. The first-order chi connectivity index (χ1) is 7.09. The normalized spacial score (nSPS) is 9.20. The van der Waals surface area contributed by atoms with E-state index in [2.05, 4.69) is 16.8 Å². The summed E-state index contributed by atoms with van der Waals surface area (Å²) in [4.78, 5) is 14.7. The van der Waals surface area contributed by atoms with E-state index in [0.29, 0.717) is 17.3 Å². The fraction of sp³-hybridized carbons (Fsp3) is 0.273. The number of rotatable bonds is 1. The molecular formula is C11H12N2OS. The van der Waals surface area contributed by atoms with E-state index in [4.69, 9.17) is 5.73 Å². The number of carbonyl (C=O) groups is 1. The lowest BCUT2D eigenvalue weighted by atomic mass is 10.2. The van der Waals surface area contributed by atoms with Crippen molar-refractivity contribution < 1.29 is 4.79 Å². The largest absolute Gasteiger partial charge is 0.384 e. The fourth-order valence-electron chi connectivity index (χ4n) is 0.928. The Morgan fingerprint density at radius 3 is 3.00 bits per heavy atom. The standard InChI is InChI=1S/C11H12N2OS/c1-8-5-6-11(12)13-10(8)4-3-7-15-9(2)14/h5-6H,7H2,1-2H3,(H2,12,13). The predicted octanol–water partition coefficient (Wildman–Crippen LogP) is 1.60. The lowest BCUT2D eigenvalue weighted by Crippen LogP contribution is -1.94. The summed E-state index contributed by atoms with van der Waals surface area (Å²) in [7, 11) is 0. The van der Waals surface area contributed by atoms with E-state index < -0.39 is 0 Å². The molecule has 0 radical (unpaired) electrons. The van der Waals surface area contributed by atoms with Gasteiger partial charge >= 0.3 is 0 Å². The van der Waals surface area contributed by atoms with Crippen LogP contribution in [0.2, 0.25) is 0 Å². The highest BCUT2D eigenvalue weighted by atomic mass is 32.2. The van der Waals surface area contributed by atoms with E-state index in [1.165, 1.54) is 18.7 Å². The van der Waals surface area contributed by atoms with Crippen molar-refractivity contribution >= 4 is 22.7 Å². The number of aryl methyl sites for hydroxylation is 1. The Morgan fingerprint density at radius 2 is 2.33 bits per heavy atom. The van der Waals surface area contributed by atoms with Gasteiger partial charge in [0, 0.05) is 6.92 Å². The molecule has 0 aromatic carbocycles. The van der Waals surface area contributed by atoms with Crippen molar-refractivity contribution in [3.63, 3.8) is 0 Å². The van der Waals surface area contributed by atoms with Crippen LogP contribution in [0.1, 0.15) is 18.2 Å². The molecule has 1 rings (SSSR count). The van der Waals surface area contributed by atoms with Gasteiger partial charge in [0.1, 0.15) is 11.5 Å². The number of anilines is 1. The summed E-state index contributed by atoms with van der Waals surface area (Å²) in [5.41, 5.74) is 7.21. The summed E-state index contributed by atoms with van der Waals surface area (Å²) < 4.78 is 0. The van der Waals surface area contributed by atoms with Gasteiger partial charge in [-0.1, -0.05) is 23.7 Å². The molecule has 0 aliphatic heterocycles. The maximum atomic E-state index is 10.6. The van der Waals surface area contributed by atoms with Crippen LogP contribution >= 0.6 is 11.8 Å². The second-order valence-corrected chi connectivity index (χ2v) is 4.14. The Balaban J connectivity index is 2.71. The van der Waals surface area contributed by atoms with Gasteiger partial charge in [-0.2, -0.15) is 0 Å². The maximum absolute atomic E-state index is 10.6. The number of hydrogen-bond acceptors (Lipinski definition) is 4. The third-order valence-corrected chi connectivity index (χ3v) is 2.37. The summed E-state index contributed by atoms with van der Waals surface area (Å²) >= 11 is 1.19. The van der Waals surface area contributed by atoms with Crippen LogP contribution in [-0.2, 0) is 4.79 Å². The van der Waals surface area contributed by atoms with Gasteiger partial charge in [0.15, 0.2) is 5.12 Å². The van der Waals surface area contributed by atoms with E-state index in [1.54, 1.807) is 6.07 Å². The monoisotopic (exact) mass is 220 g/mol. The van der Waals surface area contributed by atoms with E-state index in [9.17, 15) is 4.79 Å². The van der Waals surface area contributed by atoms with Crippen molar-refractivity contribution in [2.24, 2.45) is 0 Å². The second kappa shape index (κ2) is 5.42. The van der Waals surface area contributed by atoms with Crippen LogP contribution in [0.5, 0.6) is 0 Å². The number of nitrogen functional groups attached to an aromatic ring is 1. The molecule has 1 aromatic rings. The molecule has 0 aliphatic carbocycles. The van der Waals surface area contributed by atoms with Crippen LogP contribution in [-0.4, -0.2) is 15.9 Å². The Hall–Kier alpha value is -1.47. The van der Waals surface area contributed by atoms with Crippen LogP contribution in [0.25, 0.3) is 0 Å². The summed E-state index contributed by atoms with van der Waals surface area (Å²) in [5.74, 6) is 6.72. The average molecular weight is 220 g/mol. The molecule has 0 spiro atoms. The summed E-state index contributed by atoms with van der Waals surface area (Å²) in [6.07, 6.45) is 0. The molecule has 0 unspecified atom stereocenters. The van der Waals surface area contributed by atoms with Gasteiger partial charge < -0.3 is 5.73 Å². The smallest absolute Gasteiger partial charge is 0.186 e. The highest BCUT2D eigenvalue weighted by Crippen LogP contribution is 2.06. The second-order valence-electron chi connectivity index (χ2n) is 2.98. The Labute approximate surface area is 93.5 Å². The number of pyridine rings is 1. The molecule has 1 aromatic heterocycles. The molecular weight excluding hydrogens is 208 g/mol. The number of aromatic nitrogens is 1. The minimum absolute atomic E-state index is 0.0709. The van der Waals surface area contributed by atoms with Crippen LogP contribution in [0.4, 0.5) is 5.82 Å². The highest BCUT2D eigenvalue weighted by molar-refractivity contribution is 8.13. The van der Waals surface area contributed by atoms with Crippen molar-refractivity contribution in [1.82, 2.24) is 4.98 Å². The molecule has 0 saturated carbocycles. The average Bonchev–Trinajstić information content (AvgIpc) is 2.17. The molecule has 0 aliphatic rings. The van der Waals surface area contributed by atoms with E-state index in [1.807, 2.05) is 13.0 Å². The lowest BCUT2D eigenvalue weighted by Gasteiger charge is -1.97. The molecule has 0 fully saturated rings. The molecule has 4 heteroatoms. The first-order valence-electron chi connectivity index (χ1n) is 4.45. The molecule has 1 heterocycles. The molecule has 15 heavy (non-hydrogen) atoms. The van der Waals surface area contributed by atoms with Crippen molar-refractivity contribution in [2.75, 3.05) is 11.5 Å². The molecule has 0 saturated heterocycles. The van der Waals surface area contributed by atoms with Crippen LogP contribution in [0.3, 0.4) is 0 Å². The summed E-state index contributed by atoms with van der Waals surface area (Å²) in [6, 6.07) is 3.62. The first kappa shape index (κ1) is 11.6. The van der Waals surface area contributed by atoms with Gasteiger partial charge in [-0.25, -0.2) is 4.98 Å². The number of hydrogen-bond donors (Lipinski definition) is 1. The van der Waals surface area contributed by atoms with Gasteiger partial charge in [0.25, 0.3) is 0 Å². The van der Waals surface area contributed by atoms with E-state index in [0.717, 1.165) is 5.56 Å².